The van der Waals surface area contributed by atoms with Crippen LogP contribution in [0.3, 0.4) is 0 Å². The maximum Gasteiger partial charge on any atom is 0.132 e. The highest BCUT2D eigenvalue weighted by Gasteiger charge is 2.36. The van der Waals surface area contributed by atoms with Gasteiger partial charge in [0.25, 0.3) is 0 Å². The molecule has 0 amide bonds. The molecule has 0 unspecified atom stereocenters. The van der Waals surface area contributed by atoms with Crippen LogP contribution in [0, 0.1) is 20.8 Å². The lowest BCUT2D eigenvalue weighted by Crippen LogP contribution is -2.30. The van der Waals surface area contributed by atoms with Crippen LogP contribution >= 0.6 is 0 Å². The number of fused-ring (bicyclic) bond motifs is 2. The second-order valence-electron chi connectivity index (χ2n) is 14.6. The van der Waals surface area contributed by atoms with Gasteiger partial charge < -0.3 is 9.64 Å². The van der Waals surface area contributed by atoms with Crippen LogP contribution in [0.4, 0.5) is 17.1 Å². The Morgan fingerprint density at radius 2 is 1.02 bits per heavy atom. The third-order valence-corrected chi connectivity index (χ3v) is 9.80. The fraction of sp³-hybridized carbons (Fsp3) is 0.333. The Hall–Kier alpha value is -4.30. The molecule has 5 aromatic carbocycles. The van der Waals surface area contributed by atoms with Crippen molar-refractivity contribution in [3.8, 4) is 11.5 Å². The number of para-hydroxylation sites is 3. The zero-order valence-electron chi connectivity index (χ0n) is 30.4. The van der Waals surface area contributed by atoms with E-state index < -0.39 is 0 Å². The van der Waals surface area contributed by atoms with Crippen molar-refractivity contribution in [1.29, 1.82) is 0 Å². The molecule has 2 nitrogen and oxygen atoms in total. The molecular formula is C45H53NO. The van der Waals surface area contributed by atoms with Crippen molar-refractivity contribution in [2.24, 2.45) is 0 Å². The smallest absolute Gasteiger partial charge is 0.132 e. The average Bonchev–Trinajstić information content (AvgIpc) is 3.04. The number of hydrogen-bond acceptors (Lipinski definition) is 2. The first-order chi connectivity index (χ1) is 22.3. The molecule has 6 rings (SSSR count). The molecule has 5 aromatic rings. The molecule has 0 radical (unpaired) electrons. The molecule has 47 heavy (non-hydrogen) atoms. The third-order valence-electron chi connectivity index (χ3n) is 9.80. The van der Waals surface area contributed by atoms with E-state index in [0.717, 1.165) is 28.3 Å². The van der Waals surface area contributed by atoms with Gasteiger partial charge in [0.15, 0.2) is 0 Å². The molecule has 2 heteroatoms. The first kappa shape index (κ1) is 34.0. The van der Waals surface area contributed by atoms with Gasteiger partial charge >= 0.3 is 0 Å². The highest BCUT2D eigenvalue weighted by Crippen LogP contribution is 2.52. The molecule has 0 aromatic heterocycles. The molecule has 0 spiro atoms. The second kappa shape index (κ2) is 13.8. The Balaban J connectivity index is 0.000000230. The standard InChI is InChI=1S/C29H27NO.C16H26/c1-20-11-5-10-16-27(20)31-28-19-22(18-17-21(28)2)30-25-14-8-6-12-23(25)29(3,4)24-13-7-9-15-26(24)30;1-10(2)14-8-15(11(3)4)13(7)16(9-14)12(5)6/h5-19H,1-4H3;8-12H,1-7H3. The Bertz CT molecular complexity index is 1780. The molecular weight excluding hydrogens is 571 g/mol. The van der Waals surface area contributed by atoms with Gasteiger partial charge in [-0.25, -0.2) is 0 Å². The number of ether oxygens (including phenoxy) is 1. The molecule has 0 bridgehead atoms. The van der Waals surface area contributed by atoms with Crippen LogP contribution in [0.2, 0.25) is 0 Å². The van der Waals surface area contributed by atoms with Crippen molar-refractivity contribution in [1.82, 2.24) is 0 Å². The summed E-state index contributed by atoms with van der Waals surface area (Å²) in [5, 5.41) is 0. The Morgan fingerprint density at radius 3 is 1.53 bits per heavy atom. The maximum atomic E-state index is 6.36. The molecule has 0 saturated carbocycles. The summed E-state index contributed by atoms with van der Waals surface area (Å²) in [6.45, 7) is 24.8. The molecule has 1 aliphatic rings. The second-order valence-corrected chi connectivity index (χ2v) is 14.6. The summed E-state index contributed by atoms with van der Waals surface area (Å²) in [7, 11) is 0. The van der Waals surface area contributed by atoms with Crippen LogP contribution in [0.5, 0.6) is 11.5 Å². The van der Waals surface area contributed by atoms with Crippen molar-refractivity contribution in [3.63, 3.8) is 0 Å². The zero-order chi connectivity index (χ0) is 34.0. The van der Waals surface area contributed by atoms with Crippen LogP contribution in [0.25, 0.3) is 0 Å². The molecule has 0 atom stereocenters. The molecule has 0 saturated heterocycles. The predicted octanol–water partition coefficient (Wildman–Crippen LogP) is 13.6. The number of benzene rings is 5. The summed E-state index contributed by atoms with van der Waals surface area (Å²) in [5.74, 6) is 3.64. The Morgan fingerprint density at radius 1 is 0.532 bits per heavy atom. The van der Waals surface area contributed by atoms with Crippen molar-refractivity contribution < 1.29 is 4.74 Å². The highest BCUT2D eigenvalue weighted by atomic mass is 16.5. The maximum absolute atomic E-state index is 6.36. The minimum atomic E-state index is -0.0607. The number of nitrogens with zero attached hydrogens (tertiary/aromatic N) is 1. The first-order valence-electron chi connectivity index (χ1n) is 17.3. The Labute approximate surface area is 284 Å². The summed E-state index contributed by atoms with van der Waals surface area (Å²) in [5.41, 5.74) is 14.4. The zero-order valence-corrected chi connectivity index (χ0v) is 30.4. The van der Waals surface area contributed by atoms with E-state index in [1.54, 1.807) is 0 Å². The van der Waals surface area contributed by atoms with Crippen molar-refractivity contribution in [3.05, 3.63) is 148 Å². The molecule has 1 heterocycles. The fourth-order valence-electron chi connectivity index (χ4n) is 6.89. The van der Waals surface area contributed by atoms with E-state index in [2.05, 4.69) is 166 Å². The van der Waals surface area contributed by atoms with Crippen LogP contribution in [0.1, 0.15) is 118 Å². The topological polar surface area (TPSA) is 12.5 Å². The molecule has 0 aliphatic carbocycles. The van der Waals surface area contributed by atoms with Gasteiger partial charge in [0.05, 0.1) is 11.4 Å². The quantitative estimate of drug-likeness (QED) is 0.187. The summed E-state index contributed by atoms with van der Waals surface area (Å²) in [6.07, 6.45) is 0. The van der Waals surface area contributed by atoms with Crippen LogP contribution in [-0.2, 0) is 5.41 Å². The molecule has 0 N–H and O–H groups in total. The number of rotatable bonds is 6. The average molecular weight is 624 g/mol. The fourth-order valence-corrected chi connectivity index (χ4v) is 6.89. The summed E-state index contributed by atoms with van der Waals surface area (Å²) in [4.78, 5) is 2.36. The van der Waals surface area contributed by atoms with Crippen molar-refractivity contribution >= 4 is 17.1 Å². The monoisotopic (exact) mass is 623 g/mol. The van der Waals surface area contributed by atoms with E-state index in [4.69, 9.17) is 4.74 Å². The number of hydrogen-bond donors (Lipinski definition) is 0. The summed E-state index contributed by atoms with van der Waals surface area (Å²) in [6, 6.07) is 36.9. The van der Waals surface area contributed by atoms with E-state index in [1.165, 1.54) is 44.8 Å². The minimum Gasteiger partial charge on any atom is -0.457 e. The van der Waals surface area contributed by atoms with E-state index in [1.807, 2.05) is 18.2 Å². The van der Waals surface area contributed by atoms with Crippen LogP contribution < -0.4 is 9.64 Å². The SMILES string of the molecule is Cc1c(C(C)C)cc(C(C)C)cc1C(C)C.Cc1ccccc1Oc1cc(N2c3ccccc3C(C)(C)c3ccccc32)ccc1C. The van der Waals surface area contributed by atoms with Gasteiger partial charge in [0.2, 0.25) is 0 Å². The lowest BCUT2D eigenvalue weighted by atomic mass is 9.73. The lowest BCUT2D eigenvalue weighted by Gasteiger charge is -2.42. The number of aryl methyl sites for hydroxylation is 2. The number of anilines is 3. The van der Waals surface area contributed by atoms with E-state index in [0.29, 0.717) is 17.8 Å². The van der Waals surface area contributed by atoms with Gasteiger partial charge in [-0.05, 0) is 107 Å². The normalized spacial score (nSPS) is 13.3. The van der Waals surface area contributed by atoms with Gasteiger partial charge in [-0.15, -0.1) is 0 Å². The van der Waals surface area contributed by atoms with E-state index in [-0.39, 0.29) is 5.41 Å². The lowest BCUT2D eigenvalue weighted by molar-refractivity contribution is 0.475. The minimum absolute atomic E-state index is 0.0607. The van der Waals surface area contributed by atoms with Gasteiger partial charge in [-0.3, -0.25) is 0 Å². The van der Waals surface area contributed by atoms with Crippen molar-refractivity contribution in [2.45, 2.75) is 99.3 Å². The van der Waals surface area contributed by atoms with Gasteiger partial charge in [-0.1, -0.05) is 128 Å². The van der Waals surface area contributed by atoms with Gasteiger partial charge in [-0.2, -0.15) is 0 Å². The van der Waals surface area contributed by atoms with Crippen LogP contribution in [-0.4, -0.2) is 0 Å². The van der Waals surface area contributed by atoms with E-state index >= 15 is 0 Å². The van der Waals surface area contributed by atoms with E-state index in [9.17, 15) is 0 Å². The predicted molar refractivity (Wildman–Crippen MR) is 203 cm³/mol. The molecule has 1 aliphatic heterocycles. The molecule has 0 fully saturated rings. The summed E-state index contributed by atoms with van der Waals surface area (Å²) < 4.78 is 6.36. The van der Waals surface area contributed by atoms with Gasteiger partial charge in [0.1, 0.15) is 11.5 Å². The molecule has 244 valence electrons. The highest BCUT2D eigenvalue weighted by molar-refractivity contribution is 5.86. The largest absolute Gasteiger partial charge is 0.457 e. The third kappa shape index (κ3) is 6.89. The van der Waals surface area contributed by atoms with Crippen molar-refractivity contribution in [2.75, 3.05) is 4.90 Å². The summed E-state index contributed by atoms with van der Waals surface area (Å²) >= 11 is 0. The van der Waals surface area contributed by atoms with Crippen LogP contribution in [0.15, 0.2) is 103 Å². The Kier molecular flexibility index (Phi) is 10.0. The first-order valence-corrected chi connectivity index (χ1v) is 17.3. The van der Waals surface area contributed by atoms with Gasteiger partial charge in [0, 0.05) is 17.2 Å².